The molecular weight excluding hydrogens is 410 g/mol. The Morgan fingerprint density at radius 3 is 2.61 bits per heavy atom. The molecule has 3 heterocycles. The molecule has 2 aromatic heterocycles. The zero-order valence-corrected chi connectivity index (χ0v) is 16.8. The van der Waals surface area contributed by atoms with E-state index in [1.54, 1.807) is 18.2 Å². The van der Waals surface area contributed by atoms with Crippen molar-refractivity contribution in [1.29, 1.82) is 0 Å². The first-order chi connectivity index (χ1) is 14.8. The van der Waals surface area contributed by atoms with Crippen molar-refractivity contribution in [3.05, 3.63) is 66.0 Å². The highest BCUT2D eigenvalue weighted by Gasteiger charge is 2.32. The van der Waals surface area contributed by atoms with Crippen LogP contribution in [0.25, 0.3) is 11.3 Å². The van der Waals surface area contributed by atoms with Gasteiger partial charge in [0.05, 0.1) is 5.69 Å². The van der Waals surface area contributed by atoms with Crippen molar-refractivity contribution in [2.24, 2.45) is 0 Å². The largest absolute Gasteiger partial charge is 0.433 e. The number of nitrogens with zero attached hydrogens (tertiary/aromatic N) is 4. The number of alkyl halides is 3. The molecule has 31 heavy (non-hydrogen) atoms. The predicted octanol–water partition coefficient (Wildman–Crippen LogP) is 5.25. The summed E-state index contributed by atoms with van der Waals surface area (Å²) in [6.07, 6.45) is -1.43. The van der Waals surface area contributed by atoms with E-state index in [9.17, 15) is 17.6 Å². The van der Waals surface area contributed by atoms with Gasteiger partial charge in [0.1, 0.15) is 23.2 Å². The third-order valence-corrected chi connectivity index (χ3v) is 5.18. The van der Waals surface area contributed by atoms with Gasteiger partial charge in [-0.1, -0.05) is 6.07 Å². The number of hydrogen-bond acceptors (Lipinski definition) is 5. The standard InChI is InChI=1S/C22H21F4N5/c1-31-9-3-4-15(13-31)21-29-18(14-7-8-19(27-12-14)22(24,25)26)11-20(30-21)28-17-6-2-5-16(23)10-17/h2,5-8,10-12,15H,3-4,9,13H2,1H3,(H,28,29,30). The van der Waals surface area contributed by atoms with E-state index in [2.05, 4.69) is 25.2 Å². The first kappa shape index (κ1) is 21.2. The Labute approximate surface area is 177 Å². The number of piperidine rings is 1. The molecule has 1 aromatic carbocycles. The summed E-state index contributed by atoms with van der Waals surface area (Å²) < 4.78 is 52.2. The number of benzene rings is 1. The molecule has 0 saturated carbocycles. The third-order valence-electron chi connectivity index (χ3n) is 5.18. The highest BCUT2D eigenvalue weighted by Crippen LogP contribution is 2.31. The van der Waals surface area contributed by atoms with Gasteiger partial charge < -0.3 is 10.2 Å². The molecule has 0 spiro atoms. The van der Waals surface area contributed by atoms with Gasteiger partial charge in [0.25, 0.3) is 0 Å². The van der Waals surface area contributed by atoms with Crippen molar-refractivity contribution < 1.29 is 17.6 Å². The maximum atomic E-state index is 13.6. The number of pyridine rings is 1. The average molecular weight is 431 g/mol. The monoisotopic (exact) mass is 431 g/mol. The van der Waals surface area contributed by atoms with Crippen LogP contribution in [0.1, 0.15) is 30.3 Å². The minimum Gasteiger partial charge on any atom is -0.340 e. The maximum absolute atomic E-state index is 13.6. The SMILES string of the molecule is CN1CCCC(c2nc(Nc3cccc(F)c3)cc(-c3ccc(C(F)(F)F)nc3)n2)C1. The molecule has 1 fully saturated rings. The van der Waals surface area contributed by atoms with E-state index in [0.29, 0.717) is 28.6 Å². The van der Waals surface area contributed by atoms with Crippen LogP contribution in [-0.2, 0) is 6.18 Å². The van der Waals surface area contributed by atoms with E-state index >= 15 is 0 Å². The second-order valence-corrected chi connectivity index (χ2v) is 7.66. The fraction of sp³-hybridized carbons (Fsp3) is 0.318. The molecule has 162 valence electrons. The van der Waals surface area contributed by atoms with Gasteiger partial charge in [-0.25, -0.2) is 14.4 Å². The summed E-state index contributed by atoms with van der Waals surface area (Å²) in [5.74, 6) is 0.746. The second kappa shape index (κ2) is 8.58. The van der Waals surface area contributed by atoms with Crippen LogP contribution in [0.3, 0.4) is 0 Å². The van der Waals surface area contributed by atoms with E-state index in [0.717, 1.165) is 38.2 Å². The van der Waals surface area contributed by atoms with Gasteiger partial charge in [0, 0.05) is 36.0 Å². The van der Waals surface area contributed by atoms with Crippen LogP contribution in [0.15, 0.2) is 48.7 Å². The minimum atomic E-state index is -4.51. The number of halogens is 4. The second-order valence-electron chi connectivity index (χ2n) is 7.66. The van der Waals surface area contributed by atoms with Crippen molar-refractivity contribution >= 4 is 11.5 Å². The molecule has 0 aliphatic carbocycles. The van der Waals surface area contributed by atoms with Crippen molar-refractivity contribution in [3.8, 4) is 11.3 Å². The van der Waals surface area contributed by atoms with Gasteiger partial charge in [-0.3, -0.25) is 4.98 Å². The van der Waals surface area contributed by atoms with Crippen LogP contribution in [0.5, 0.6) is 0 Å². The Morgan fingerprint density at radius 1 is 1.10 bits per heavy atom. The summed E-state index contributed by atoms with van der Waals surface area (Å²) in [5, 5.41) is 3.08. The number of anilines is 2. The van der Waals surface area contributed by atoms with E-state index in [-0.39, 0.29) is 11.7 Å². The molecule has 1 saturated heterocycles. The Bertz CT molecular complexity index is 1050. The van der Waals surface area contributed by atoms with Crippen molar-refractivity contribution in [2.45, 2.75) is 24.9 Å². The number of nitrogens with one attached hydrogen (secondary N) is 1. The number of likely N-dealkylation sites (N-methyl/N-ethyl adjacent to an activating group) is 1. The summed E-state index contributed by atoms with van der Waals surface area (Å²) in [4.78, 5) is 15.0. The zero-order chi connectivity index (χ0) is 22.0. The smallest absolute Gasteiger partial charge is 0.340 e. The number of hydrogen-bond donors (Lipinski definition) is 1. The molecule has 4 rings (SSSR count). The van der Waals surface area contributed by atoms with Gasteiger partial charge >= 0.3 is 6.18 Å². The third kappa shape index (κ3) is 5.16. The topological polar surface area (TPSA) is 53.9 Å². The Balaban J connectivity index is 1.72. The van der Waals surface area contributed by atoms with Gasteiger partial charge in [-0.15, -0.1) is 0 Å². The lowest BCUT2D eigenvalue weighted by molar-refractivity contribution is -0.141. The summed E-state index contributed by atoms with van der Waals surface area (Å²) in [7, 11) is 2.03. The molecule has 1 atom stereocenters. The number of aromatic nitrogens is 3. The van der Waals surface area contributed by atoms with Crippen molar-refractivity contribution in [3.63, 3.8) is 0 Å². The quantitative estimate of drug-likeness (QED) is 0.572. The van der Waals surface area contributed by atoms with Crippen LogP contribution < -0.4 is 5.32 Å². The molecule has 0 radical (unpaired) electrons. The maximum Gasteiger partial charge on any atom is 0.433 e. The number of likely N-dealkylation sites (tertiary alicyclic amines) is 1. The first-order valence-corrected chi connectivity index (χ1v) is 9.92. The Kier molecular flexibility index (Phi) is 5.86. The molecule has 0 amide bonds. The predicted molar refractivity (Wildman–Crippen MR) is 109 cm³/mol. The fourth-order valence-corrected chi connectivity index (χ4v) is 3.66. The highest BCUT2D eigenvalue weighted by molar-refractivity contribution is 5.65. The fourth-order valence-electron chi connectivity index (χ4n) is 3.66. The first-order valence-electron chi connectivity index (χ1n) is 9.92. The molecule has 1 aliphatic rings. The lowest BCUT2D eigenvalue weighted by Crippen LogP contribution is -2.31. The van der Waals surface area contributed by atoms with Crippen LogP contribution in [0.2, 0.25) is 0 Å². The van der Waals surface area contributed by atoms with Gasteiger partial charge in [0.15, 0.2) is 0 Å². The molecule has 1 unspecified atom stereocenters. The van der Waals surface area contributed by atoms with Crippen molar-refractivity contribution in [1.82, 2.24) is 19.9 Å². The van der Waals surface area contributed by atoms with E-state index < -0.39 is 11.9 Å². The van der Waals surface area contributed by atoms with E-state index in [4.69, 9.17) is 0 Å². The summed E-state index contributed by atoms with van der Waals surface area (Å²) in [6, 6.07) is 9.88. The molecule has 1 aliphatic heterocycles. The highest BCUT2D eigenvalue weighted by atomic mass is 19.4. The molecule has 5 nitrogen and oxygen atoms in total. The molecule has 1 N–H and O–H groups in total. The van der Waals surface area contributed by atoms with Crippen LogP contribution in [0.4, 0.5) is 29.1 Å². The van der Waals surface area contributed by atoms with Gasteiger partial charge in [-0.2, -0.15) is 13.2 Å². The van der Waals surface area contributed by atoms with Gasteiger partial charge in [0.2, 0.25) is 0 Å². The summed E-state index contributed by atoms with van der Waals surface area (Å²) in [5.41, 5.74) is 0.459. The minimum absolute atomic E-state index is 0.0918. The molecule has 3 aromatic rings. The normalized spacial score (nSPS) is 17.5. The molecular formula is C22H21F4N5. The molecule has 0 bridgehead atoms. The van der Waals surface area contributed by atoms with Crippen LogP contribution in [0, 0.1) is 5.82 Å². The van der Waals surface area contributed by atoms with E-state index in [1.807, 2.05) is 7.05 Å². The lowest BCUT2D eigenvalue weighted by atomic mass is 9.97. The van der Waals surface area contributed by atoms with Crippen LogP contribution >= 0.6 is 0 Å². The van der Waals surface area contributed by atoms with Crippen LogP contribution in [-0.4, -0.2) is 40.0 Å². The summed E-state index contributed by atoms with van der Waals surface area (Å²) >= 11 is 0. The molecule has 9 heteroatoms. The Morgan fingerprint density at radius 2 is 1.94 bits per heavy atom. The lowest BCUT2D eigenvalue weighted by Gasteiger charge is -2.29. The Hall–Kier alpha value is -3.07. The van der Waals surface area contributed by atoms with Gasteiger partial charge in [-0.05, 0) is 56.8 Å². The summed E-state index contributed by atoms with van der Waals surface area (Å²) in [6.45, 7) is 1.78. The number of rotatable bonds is 4. The zero-order valence-electron chi connectivity index (χ0n) is 16.8. The van der Waals surface area contributed by atoms with E-state index in [1.165, 1.54) is 18.2 Å². The van der Waals surface area contributed by atoms with Crippen molar-refractivity contribution in [2.75, 3.05) is 25.5 Å². The average Bonchev–Trinajstić information content (AvgIpc) is 2.73.